The van der Waals surface area contributed by atoms with E-state index in [4.69, 9.17) is 0 Å². The van der Waals surface area contributed by atoms with Crippen molar-refractivity contribution < 1.29 is 8.78 Å². The Balaban J connectivity index is 1.68. The first-order chi connectivity index (χ1) is 9.70. The van der Waals surface area contributed by atoms with Gasteiger partial charge < -0.3 is 10.2 Å². The molecule has 0 unspecified atom stereocenters. The fourth-order valence-electron chi connectivity index (χ4n) is 2.98. The van der Waals surface area contributed by atoms with E-state index in [1.165, 1.54) is 0 Å². The van der Waals surface area contributed by atoms with E-state index in [-0.39, 0.29) is 0 Å². The number of piperidine rings is 1. The predicted molar refractivity (Wildman–Crippen MR) is 71.6 cm³/mol. The van der Waals surface area contributed by atoms with Gasteiger partial charge in [-0.1, -0.05) is 0 Å². The van der Waals surface area contributed by atoms with Crippen LogP contribution in [0.1, 0.15) is 6.42 Å². The summed E-state index contributed by atoms with van der Waals surface area (Å²) in [6.45, 7) is 2.94. The number of anilines is 1. The highest BCUT2D eigenvalue weighted by Crippen LogP contribution is 2.27. The maximum Gasteiger partial charge on any atom is 0.161 e. The largest absolute Gasteiger partial charge is 0.354 e. The van der Waals surface area contributed by atoms with Gasteiger partial charge in [-0.15, -0.1) is 0 Å². The Labute approximate surface area is 114 Å². The van der Waals surface area contributed by atoms with Gasteiger partial charge in [0.25, 0.3) is 0 Å². The molecule has 6 heteroatoms. The lowest BCUT2D eigenvalue weighted by atomic mass is 9.85. The molecule has 2 fully saturated rings. The van der Waals surface area contributed by atoms with Crippen molar-refractivity contribution in [2.75, 3.05) is 24.5 Å². The molecule has 104 valence electrons. The highest BCUT2D eigenvalue weighted by molar-refractivity contribution is 5.75. The standard InChI is InChI=1S/C14H14F2N4/c15-9-3-11-12(4-10(9)16)19-14(6-18-11)20-2-1-8-5-17-13(8)7-20/h3-4,6,8,13,17H,1-2,5,7H2/t8-,13-/m1/s1. The summed E-state index contributed by atoms with van der Waals surface area (Å²) < 4.78 is 26.4. The minimum atomic E-state index is -0.890. The number of benzene rings is 1. The summed E-state index contributed by atoms with van der Waals surface area (Å²) in [5, 5.41) is 3.40. The van der Waals surface area contributed by atoms with E-state index in [9.17, 15) is 8.78 Å². The molecule has 1 aromatic carbocycles. The smallest absolute Gasteiger partial charge is 0.161 e. The van der Waals surface area contributed by atoms with Crippen LogP contribution in [0.5, 0.6) is 0 Å². The Bertz CT molecular complexity index is 676. The van der Waals surface area contributed by atoms with Crippen LogP contribution >= 0.6 is 0 Å². The second-order valence-electron chi connectivity index (χ2n) is 5.49. The molecule has 0 bridgehead atoms. The molecule has 2 aromatic rings. The molecule has 0 spiro atoms. The van der Waals surface area contributed by atoms with Gasteiger partial charge in [-0.05, 0) is 18.9 Å². The molecule has 4 nitrogen and oxygen atoms in total. The zero-order valence-electron chi connectivity index (χ0n) is 10.8. The number of halogens is 2. The second-order valence-corrected chi connectivity index (χ2v) is 5.49. The van der Waals surface area contributed by atoms with E-state index in [1.807, 2.05) is 0 Å². The number of nitrogens with zero attached hydrogens (tertiary/aromatic N) is 3. The van der Waals surface area contributed by atoms with E-state index in [2.05, 4.69) is 20.2 Å². The monoisotopic (exact) mass is 276 g/mol. The van der Waals surface area contributed by atoms with Crippen LogP contribution in [-0.4, -0.2) is 35.6 Å². The fourth-order valence-corrected chi connectivity index (χ4v) is 2.98. The van der Waals surface area contributed by atoms with Crippen molar-refractivity contribution in [2.24, 2.45) is 5.92 Å². The van der Waals surface area contributed by atoms with Crippen LogP contribution in [0.2, 0.25) is 0 Å². The van der Waals surface area contributed by atoms with Crippen molar-refractivity contribution in [3.63, 3.8) is 0 Å². The summed E-state index contributed by atoms with van der Waals surface area (Å²) in [5.41, 5.74) is 0.773. The van der Waals surface area contributed by atoms with Crippen LogP contribution in [0.15, 0.2) is 18.3 Å². The normalized spacial score (nSPS) is 25.4. The predicted octanol–water partition coefficient (Wildman–Crippen LogP) is 1.71. The Morgan fingerprint density at radius 1 is 1.20 bits per heavy atom. The van der Waals surface area contributed by atoms with Gasteiger partial charge in [0, 0.05) is 31.3 Å². The van der Waals surface area contributed by atoms with Crippen molar-refractivity contribution in [3.8, 4) is 0 Å². The van der Waals surface area contributed by atoms with Crippen LogP contribution in [0, 0.1) is 17.6 Å². The first kappa shape index (κ1) is 12.0. The Hall–Kier alpha value is -1.82. The molecule has 0 radical (unpaired) electrons. The summed E-state index contributed by atoms with van der Waals surface area (Å²) in [6, 6.07) is 2.71. The number of hydrogen-bond donors (Lipinski definition) is 1. The van der Waals surface area contributed by atoms with Gasteiger partial charge in [0.1, 0.15) is 5.82 Å². The topological polar surface area (TPSA) is 41.1 Å². The zero-order chi connectivity index (χ0) is 13.7. The van der Waals surface area contributed by atoms with E-state index in [0.717, 1.165) is 49.9 Å². The van der Waals surface area contributed by atoms with Crippen molar-refractivity contribution in [1.29, 1.82) is 0 Å². The average Bonchev–Trinajstić information content (AvgIpc) is 2.41. The summed E-state index contributed by atoms with van der Waals surface area (Å²) >= 11 is 0. The van der Waals surface area contributed by atoms with Crippen LogP contribution in [0.3, 0.4) is 0 Å². The molecular formula is C14H14F2N4. The van der Waals surface area contributed by atoms with Gasteiger partial charge >= 0.3 is 0 Å². The molecule has 0 aliphatic carbocycles. The molecule has 1 N–H and O–H groups in total. The maximum absolute atomic E-state index is 13.3. The molecule has 1 aromatic heterocycles. The van der Waals surface area contributed by atoms with Crippen LogP contribution in [0.4, 0.5) is 14.6 Å². The lowest BCUT2D eigenvalue weighted by Gasteiger charge is -2.46. The summed E-state index contributed by atoms with van der Waals surface area (Å²) in [4.78, 5) is 10.8. The molecule has 2 atom stereocenters. The second kappa shape index (κ2) is 4.34. The Morgan fingerprint density at radius 3 is 2.70 bits per heavy atom. The molecule has 4 rings (SSSR count). The summed E-state index contributed by atoms with van der Waals surface area (Å²) in [6.07, 6.45) is 2.77. The van der Waals surface area contributed by atoms with Crippen LogP contribution in [0.25, 0.3) is 11.0 Å². The van der Waals surface area contributed by atoms with Crippen molar-refractivity contribution in [3.05, 3.63) is 30.0 Å². The minimum Gasteiger partial charge on any atom is -0.354 e. The third-order valence-corrected chi connectivity index (χ3v) is 4.29. The first-order valence-electron chi connectivity index (χ1n) is 6.81. The lowest BCUT2D eigenvalue weighted by Crippen LogP contribution is -2.62. The highest BCUT2D eigenvalue weighted by Gasteiger charge is 2.35. The van der Waals surface area contributed by atoms with Crippen LogP contribution in [-0.2, 0) is 0 Å². The molecule has 2 aliphatic rings. The quantitative estimate of drug-likeness (QED) is 0.861. The molecule has 2 saturated heterocycles. The number of rotatable bonds is 1. The first-order valence-corrected chi connectivity index (χ1v) is 6.81. The van der Waals surface area contributed by atoms with E-state index in [1.54, 1.807) is 6.20 Å². The van der Waals surface area contributed by atoms with Crippen molar-refractivity contribution in [2.45, 2.75) is 12.5 Å². The van der Waals surface area contributed by atoms with E-state index >= 15 is 0 Å². The highest BCUT2D eigenvalue weighted by atomic mass is 19.2. The molecule has 20 heavy (non-hydrogen) atoms. The third-order valence-electron chi connectivity index (χ3n) is 4.29. The Morgan fingerprint density at radius 2 is 2.00 bits per heavy atom. The van der Waals surface area contributed by atoms with Gasteiger partial charge in [0.15, 0.2) is 11.6 Å². The molecule has 0 amide bonds. The number of fused-ring (bicyclic) bond motifs is 2. The number of aromatic nitrogens is 2. The summed E-state index contributed by atoms with van der Waals surface area (Å²) in [7, 11) is 0. The SMILES string of the molecule is Fc1cc2ncc(N3CC[C@@H]4CN[C@@H]4C3)nc2cc1F. The fraction of sp³-hybridized carbons (Fsp3) is 0.429. The minimum absolute atomic E-state index is 0.379. The molecule has 2 aliphatic heterocycles. The average molecular weight is 276 g/mol. The van der Waals surface area contributed by atoms with Crippen molar-refractivity contribution >= 4 is 16.9 Å². The Kier molecular flexibility index (Phi) is 2.60. The van der Waals surface area contributed by atoms with E-state index in [0.29, 0.717) is 17.1 Å². The van der Waals surface area contributed by atoms with Crippen LogP contribution < -0.4 is 10.2 Å². The summed E-state index contributed by atoms with van der Waals surface area (Å²) in [5.74, 6) is -0.274. The number of hydrogen-bond acceptors (Lipinski definition) is 4. The van der Waals surface area contributed by atoms with Gasteiger partial charge in [0.2, 0.25) is 0 Å². The van der Waals surface area contributed by atoms with Gasteiger partial charge in [-0.3, -0.25) is 4.98 Å². The number of nitrogens with one attached hydrogen (secondary N) is 1. The van der Waals surface area contributed by atoms with E-state index < -0.39 is 11.6 Å². The van der Waals surface area contributed by atoms with Gasteiger partial charge in [-0.25, -0.2) is 13.8 Å². The molecule has 3 heterocycles. The van der Waals surface area contributed by atoms with Gasteiger partial charge in [0.05, 0.1) is 17.2 Å². The lowest BCUT2D eigenvalue weighted by molar-refractivity contribution is 0.196. The van der Waals surface area contributed by atoms with Gasteiger partial charge in [-0.2, -0.15) is 0 Å². The molecular weight excluding hydrogens is 262 g/mol. The zero-order valence-corrected chi connectivity index (χ0v) is 10.8. The molecule has 0 saturated carbocycles. The maximum atomic E-state index is 13.3. The van der Waals surface area contributed by atoms with Crippen molar-refractivity contribution in [1.82, 2.24) is 15.3 Å². The third kappa shape index (κ3) is 1.83.